The van der Waals surface area contributed by atoms with Crippen LogP contribution in [0, 0.1) is 0 Å². The normalized spacial score (nSPS) is 11.4. The molecule has 0 unspecified atom stereocenters. The average Bonchev–Trinajstić information content (AvgIpc) is 3.38. The zero-order valence-electron chi connectivity index (χ0n) is 35.1. The number of rotatable bonds is 7. The molecule has 0 bridgehead atoms. The summed E-state index contributed by atoms with van der Waals surface area (Å²) in [6.07, 6.45) is 1.91. The van der Waals surface area contributed by atoms with Crippen LogP contribution in [0.2, 0.25) is 0 Å². The van der Waals surface area contributed by atoms with Crippen LogP contribution in [0.4, 0.5) is 0 Å². The topological polar surface area (TPSA) is 12.9 Å². The zero-order chi connectivity index (χ0) is 42.4. The van der Waals surface area contributed by atoms with Crippen LogP contribution in [0.15, 0.2) is 249 Å². The molecule has 1 heterocycles. The van der Waals surface area contributed by atoms with Crippen molar-refractivity contribution in [3.63, 3.8) is 0 Å². The van der Waals surface area contributed by atoms with Gasteiger partial charge in [0.1, 0.15) is 0 Å². The first-order chi connectivity index (χ1) is 31.7. The van der Waals surface area contributed by atoms with Crippen LogP contribution in [0.1, 0.15) is 0 Å². The van der Waals surface area contributed by atoms with Crippen molar-refractivity contribution in [1.82, 2.24) is 4.98 Å². The van der Waals surface area contributed by atoms with E-state index in [1.807, 2.05) is 6.20 Å². The molecule has 0 radical (unpaired) electrons. The van der Waals surface area contributed by atoms with E-state index in [-0.39, 0.29) is 0 Å². The molecule has 0 aliphatic carbocycles. The van der Waals surface area contributed by atoms with Gasteiger partial charge in [-0.1, -0.05) is 188 Å². The van der Waals surface area contributed by atoms with Crippen LogP contribution >= 0.6 is 0 Å². The molecular formula is C63H41N. The predicted octanol–water partition coefficient (Wildman–Crippen LogP) is 17.4. The van der Waals surface area contributed by atoms with Gasteiger partial charge in [-0.05, 0) is 159 Å². The van der Waals surface area contributed by atoms with Crippen LogP contribution < -0.4 is 0 Å². The van der Waals surface area contributed by atoms with Gasteiger partial charge in [0.05, 0.1) is 5.52 Å². The minimum atomic E-state index is 1.02. The van der Waals surface area contributed by atoms with Gasteiger partial charge in [-0.2, -0.15) is 0 Å². The van der Waals surface area contributed by atoms with Crippen LogP contribution in [0.25, 0.3) is 121 Å². The van der Waals surface area contributed by atoms with E-state index in [9.17, 15) is 0 Å². The molecule has 1 nitrogen and oxygen atoms in total. The second kappa shape index (κ2) is 15.8. The molecule has 12 aromatic rings. The number of fused-ring (bicyclic) bond motifs is 5. The van der Waals surface area contributed by atoms with Crippen molar-refractivity contribution in [2.75, 3.05) is 0 Å². The number of pyridine rings is 1. The van der Waals surface area contributed by atoms with E-state index in [4.69, 9.17) is 4.98 Å². The molecule has 12 rings (SSSR count). The van der Waals surface area contributed by atoms with Crippen molar-refractivity contribution in [2.24, 2.45) is 0 Å². The lowest BCUT2D eigenvalue weighted by molar-refractivity contribution is 1.43. The smallest absolute Gasteiger partial charge is 0.0786 e. The van der Waals surface area contributed by atoms with Gasteiger partial charge in [0, 0.05) is 17.0 Å². The quantitative estimate of drug-likeness (QED) is 0.115. The minimum Gasteiger partial charge on any atom is -0.256 e. The molecule has 1 heteroatoms. The molecule has 0 aliphatic rings. The maximum absolute atomic E-state index is 4.96. The highest BCUT2D eigenvalue weighted by atomic mass is 14.6. The summed E-state index contributed by atoms with van der Waals surface area (Å²) in [7, 11) is 0. The van der Waals surface area contributed by atoms with Gasteiger partial charge >= 0.3 is 0 Å². The molecule has 64 heavy (non-hydrogen) atoms. The lowest BCUT2D eigenvalue weighted by atomic mass is 9.82. The fourth-order valence-electron chi connectivity index (χ4n) is 9.85. The van der Waals surface area contributed by atoms with Gasteiger partial charge in [0.15, 0.2) is 0 Å². The third kappa shape index (κ3) is 6.63. The highest BCUT2D eigenvalue weighted by Crippen LogP contribution is 2.48. The summed E-state index contributed by atoms with van der Waals surface area (Å²) in [5.41, 5.74) is 17.7. The van der Waals surface area contributed by atoms with Crippen LogP contribution in [0.3, 0.4) is 0 Å². The molecule has 298 valence electrons. The summed E-state index contributed by atoms with van der Waals surface area (Å²) in [4.78, 5) is 4.96. The summed E-state index contributed by atoms with van der Waals surface area (Å²) < 4.78 is 0. The molecule has 0 saturated heterocycles. The van der Waals surface area contributed by atoms with E-state index in [0.29, 0.717) is 0 Å². The third-order valence-corrected chi connectivity index (χ3v) is 12.8. The molecule has 0 N–H and O–H groups in total. The van der Waals surface area contributed by atoms with Crippen molar-refractivity contribution < 1.29 is 0 Å². The Kier molecular flexibility index (Phi) is 9.24. The maximum atomic E-state index is 4.96. The van der Waals surface area contributed by atoms with E-state index in [1.165, 1.54) is 99.3 Å². The zero-order valence-corrected chi connectivity index (χ0v) is 35.1. The van der Waals surface area contributed by atoms with Crippen LogP contribution in [-0.4, -0.2) is 4.98 Å². The first-order valence-electron chi connectivity index (χ1n) is 22.0. The van der Waals surface area contributed by atoms with Crippen molar-refractivity contribution in [2.45, 2.75) is 0 Å². The molecule has 0 amide bonds. The Bertz CT molecular complexity index is 3570. The monoisotopic (exact) mass is 811 g/mol. The van der Waals surface area contributed by atoms with Crippen molar-refractivity contribution in [1.29, 1.82) is 0 Å². The van der Waals surface area contributed by atoms with Crippen molar-refractivity contribution in [3.05, 3.63) is 249 Å². The van der Waals surface area contributed by atoms with Gasteiger partial charge in [-0.25, -0.2) is 0 Å². The molecular weight excluding hydrogens is 771 g/mol. The molecule has 0 spiro atoms. The number of hydrogen-bond donors (Lipinski definition) is 0. The maximum Gasteiger partial charge on any atom is 0.0786 e. The first-order valence-corrected chi connectivity index (χ1v) is 22.0. The van der Waals surface area contributed by atoms with E-state index >= 15 is 0 Å². The van der Waals surface area contributed by atoms with E-state index in [0.717, 1.165) is 21.9 Å². The average molecular weight is 812 g/mol. The highest BCUT2D eigenvalue weighted by molar-refractivity contribution is 6.23. The Hall–Kier alpha value is -8.39. The van der Waals surface area contributed by atoms with E-state index in [2.05, 4.69) is 243 Å². The second-order valence-electron chi connectivity index (χ2n) is 16.7. The number of aromatic nitrogens is 1. The molecule has 0 saturated carbocycles. The highest BCUT2D eigenvalue weighted by Gasteiger charge is 2.21. The van der Waals surface area contributed by atoms with E-state index < -0.39 is 0 Å². The Morgan fingerprint density at radius 1 is 0.219 bits per heavy atom. The van der Waals surface area contributed by atoms with Crippen LogP contribution in [0.5, 0.6) is 0 Å². The molecule has 0 aliphatic heterocycles. The summed E-state index contributed by atoms with van der Waals surface area (Å²) >= 11 is 0. The van der Waals surface area contributed by atoms with Gasteiger partial charge < -0.3 is 0 Å². The SMILES string of the molecule is c1ccc(-c2cc(-c3ccccc3)cc(-c3c4ccccc4c(-c4cc(-c5ccccc5)cc(-c5ccccc5)c4)c4cc(-c5cc6ccccc6c6ncccc56)ccc34)c2)cc1. The molecule has 0 fully saturated rings. The second-order valence-corrected chi connectivity index (χ2v) is 16.7. The predicted molar refractivity (Wildman–Crippen MR) is 272 cm³/mol. The minimum absolute atomic E-state index is 1.02. The fraction of sp³-hybridized carbons (Fsp3) is 0. The number of hydrogen-bond acceptors (Lipinski definition) is 1. The van der Waals surface area contributed by atoms with E-state index in [1.54, 1.807) is 0 Å². The lowest BCUT2D eigenvalue weighted by Gasteiger charge is -2.21. The van der Waals surface area contributed by atoms with Gasteiger partial charge in [-0.15, -0.1) is 0 Å². The molecule has 0 atom stereocenters. The Balaban J connectivity index is 1.21. The Morgan fingerprint density at radius 3 is 1.11 bits per heavy atom. The van der Waals surface area contributed by atoms with Gasteiger partial charge in [0.25, 0.3) is 0 Å². The lowest BCUT2D eigenvalue weighted by Crippen LogP contribution is -1.94. The largest absolute Gasteiger partial charge is 0.256 e. The summed E-state index contributed by atoms with van der Waals surface area (Å²) in [6, 6.07) is 88.8. The fourth-order valence-corrected chi connectivity index (χ4v) is 9.85. The molecule has 1 aromatic heterocycles. The standard InChI is InChI=1S/C63H41N/c1-5-18-42(19-6-1)48-34-49(43-20-7-2-8-21-43)37-52(36-48)61-55-28-15-16-29-56(55)62(53-38-50(44-22-9-3-10-23-44)35-51(39-53)45-24-11-4-12-25-45)60-41-47(31-32-57(60)61)59-40-46-26-13-14-27-54(46)63-58(59)30-17-33-64-63/h1-41H. The molecule has 11 aromatic carbocycles. The first kappa shape index (κ1) is 37.4. The third-order valence-electron chi connectivity index (χ3n) is 12.8. The van der Waals surface area contributed by atoms with Crippen LogP contribution in [-0.2, 0) is 0 Å². The Morgan fingerprint density at radius 2 is 0.609 bits per heavy atom. The van der Waals surface area contributed by atoms with Crippen molar-refractivity contribution in [3.8, 4) is 77.9 Å². The van der Waals surface area contributed by atoms with Gasteiger partial charge in [0.2, 0.25) is 0 Å². The number of nitrogens with zero attached hydrogens (tertiary/aromatic N) is 1. The van der Waals surface area contributed by atoms with Crippen molar-refractivity contribution >= 4 is 43.2 Å². The number of benzene rings is 11. The summed E-state index contributed by atoms with van der Waals surface area (Å²) in [5.74, 6) is 0. The summed E-state index contributed by atoms with van der Waals surface area (Å²) in [5, 5.41) is 8.32. The Labute approximate surface area is 373 Å². The summed E-state index contributed by atoms with van der Waals surface area (Å²) in [6.45, 7) is 0. The van der Waals surface area contributed by atoms with Gasteiger partial charge in [-0.3, -0.25) is 4.98 Å².